The first-order valence-corrected chi connectivity index (χ1v) is 23.3. The maximum atomic E-state index is 6.29. The van der Waals surface area contributed by atoms with Crippen LogP contribution in [0.4, 0.5) is 0 Å². The van der Waals surface area contributed by atoms with Gasteiger partial charge in [-0.2, -0.15) is 0 Å². The Kier molecular flexibility index (Phi) is 13.7. The molecule has 300 valence electrons. The number of ether oxygens (including phenoxy) is 1. The van der Waals surface area contributed by atoms with Gasteiger partial charge in [-0.05, 0) is 132 Å². The van der Waals surface area contributed by atoms with Gasteiger partial charge in [0.1, 0.15) is 11.9 Å². The fourth-order valence-corrected chi connectivity index (χ4v) is 9.29. The Bertz CT molecular complexity index is 2610. The average molecular weight is 815 g/mol. The zero-order valence-electron chi connectivity index (χ0n) is 35.0. The van der Waals surface area contributed by atoms with Gasteiger partial charge in [0, 0.05) is 58.4 Å². The van der Waals surface area contributed by atoms with Crippen molar-refractivity contribution in [2.24, 2.45) is 5.92 Å². The molecule has 3 aliphatic rings. The standard InChI is InChI=1S/C17H20O.C10H12NP.C9H10NP.2C8H7N/c1-11-7-5-9-13-15(11)18-16-12(2)8-6-10-14(16)17(13,3)4;1-12-11-8-7-9-5-3-2-4-6-10(9)11;1-11-10-7-6-8-4-2-3-5-9(8)10;2*1-2-4-8-7(3-1)5-6-9-8/h5-10,13,15H,1-4H3;2-4,6-8,12H,5H2,1H3;2-7,11H,1H3;2*1-6,9H. The third-order valence-electron chi connectivity index (χ3n) is 11.3. The van der Waals surface area contributed by atoms with E-state index in [1.165, 1.54) is 60.7 Å². The zero-order chi connectivity index (χ0) is 41.2. The van der Waals surface area contributed by atoms with Gasteiger partial charge in [-0.3, -0.25) is 0 Å². The highest BCUT2D eigenvalue weighted by molar-refractivity contribution is 7.35. The fraction of sp³-hybridized carbons (Fsp3) is 0.192. The second kappa shape index (κ2) is 19.4. The van der Waals surface area contributed by atoms with E-state index < -0.39 is 0 Å². The van der Waals surface area contributed by atoms with E-state index >= 15 is 0 Å². The first-order chi connectivity index (χ1) is 28.8. The molecule has 8 aromatic rings. The van der Waals surface area contributed by atoms with Crippen LogP contribution in [0.3, 0.4) is 0 Å². The molecule has 4 unspecified atom stereocenters. The van der Waals surface area contributed by atoms with Crippen LogP contribution in [0.2, 0.25) is 0 Å². The summed E-state index contributed by atoms with van der Waals surface area (Å²) in [5.41, 5.74) is 10.6. The van der Waals surface area contributed by atoms with E-state index in [0.29, 0.717) is 5.92 Å². The SMILES string of the molecule is CC1=CC=CC2C1Oc1c(C)cccc1C2(C)C.CPn1ccc2c1C=CC=CC2.CPn1ccc2ccccc21.c1ccc2[nH]ccc2c1.c1ccc2[nH]ccc2c1. The number of aromatic amines is 2. The summed E-state index contributed by atoms with van der Waals surface area (Å²) < 4.78 is 10.9. The van der Waals surface area contributed by atoms with Crippen LogP contribution in [-0.2, 0) is 11.8 Å². The summed E-state index contributed by atoms with van der Waals surface area (Å²) in [6.07, 6.45) is 24.7. The molecular weight excluding hydrogens is 759 g/mol. The van der Waals surface area contributed by atoms with Crippen LogP contribution in [0.1, 0.15) is 43.2 Å². The van der Waals surface area contributed by atoms with E-state index in [2.05, 4.69) is 206 Å². The molecule has 2 N–H and O–H groups in total. The van der Waals surface area contributed by atoms with Crippen LogP contribution < -0.4 is 4.74 Å². The molecular formula is C52H56N4OP2. The third kappa shape index (κ3) is 9.66. The quantitative estimate of drug-likeness (QED) is 0.168. The summed E-state index contributed by atoms with van der Waals surface area (Å²) in [6, 6.07) is 39.9. The van der Waals surface area contributed by atoms with Crippen LogP contribution in [0.25, 0.3) is 38.8 Å². The molecule has 0 saturated carbocycles. The lowest BCUT2D eigenvalue weighted by Crippen LogP contribution is -2.45. The van der Waals surface area contributed by atoms with Crippen LogP contribution in [0, 0.1) is 12.8 Å². The molecule has 0 saturated heterocycles. The molecule has 2 aliphatic carbocycles. The number of fused-ring (bicyclic) bond motifs is 6. The number of nitrogens with one attached hydrogen (secondary N) is 2. The highest BCUT2D eigenvalue weighted by Gasteiger charge is 2.44. The van der Waals surface area contributed by atoms with Crippen molar-refractivity contribution in [3.8, 4) is 5.75 Å². The minimum absolute atomic E-state index is 0.121. The second-order valence-electron chi connectivity index (χ2n) is 15.4. The monoisotopic (exact) mass is 814 g/mol. The number of benzene rings is 4. The van der Waals surface area contributed by atoms with Crippen molar-refractivity contribution < 1.29 is 4.74 Å². The first-order valence-electron chi connectivity index (χ1n) is 20.4. The number of hydrogen-bond acceptors (Lipinski definition) is 1. The van der Waals surface area contributed by atoms with Crippen LogP contribution >= 0.6 is 17.5 Å². The summed E-state index contributed by atoms with van der Waals surface area (Å²) in [7, 11) is 1.65. The van der Waals surface area contributed by atoms with Gasteiger partial charge in [-0.1, -0.05) is 123 Å². The number of allylic oxidation sites excluding steroid dienone is 5. The molecule has 4 atom stereocenters. The van der Waals surface area contributed by atoms with E-state index in [1.807, 2.05) is 36.7 Å². The van der Waals surface area contributed by atoms with Gasteiger partial charge in [-0.15, -0.1) is 0 Å². The van der Waals surface area contributed by atoms with Crippen LogP contribution in [-0.4, -0.2) is 38.1 Å². The number of aromatic nitrogens is 4. The average Bonchev–Trinajstić information content (AvgIpc) is 4.08. The molecule has 59 heavy (non-hydrogen) atoms. The Morgan fingerprint density at radius 2 is 1.31 bits per heavy atom. The molecule has 4 aromatic carbocycles. The molecule has 7 heteroatoms. The van der Waals surface area contributed by atoms with Gasteiger partial charge in [0.25, 0.3) is 0 Å². The van der Waals surface area contributed by atoms with Crippen molar-refractivity contribution >= 4 is 56.2 Å². The first kappa shape index (κ1) is 41.6. The largest absolute Gasteiger partial charge is 0.485 e. The van der Waals surface area contributed by atoms with Crippen LogP contribution in [0.5, 0.6) is 5.75 Å². The summed E-state index contributed by atoms with van der Waals surface area (Å²) in [5, 5.41) is 3.89. The smallest absolute Gasteiger partial charge is 0.127 e. The Morgan fingerprint density at radius 3 is 1.98 bits per heavy atom. The lowest BCUT2D eigenvalue weighted by Gasteiger charge is -2.45. The molecule has 5 nitrogen and oxygen atoms in total. The lowest BCUT2D eigenvalue weighted by molar-refractivity contribution is 0.112. The molecule has 0 radical (unpaired) electrons. The maximum Gasteiger partial charge on any atom is 0.127 e. The number of aryl methyl sites for hydroxylation is 1. The third-order valence-corrected chi connectivity index (χ3v) is 13.0. The van der Waals surface area contributed by atoms with Crippen LogP contribution in [0.15, 0.2) is 182 Å². The fourth-order valence-electron chi connectivity index (χ4n) is 7.94. The van der Waals surface area contributed by atoms with Crippen molar-refractivity contribution in [1.82, 2.24) is 18.6 Å². The van der Waals surface area contributed by atoms with Gasteiger partial charge in [0.15, 0.2) is 0 Å². The van der Waals surface area contributed by atoms with Crippen molar-refractivity contribution in [1.29, 1.82) is 0 Å². The summed E-state index contributed by atoms with van der Waals surface area (Å²) in [6.45, 7) is 13.3. The van der Waals surface area contributed by atoms with Crippen molar-refractivity contribution in [2.45, 2.75) is 45.6 Å². The molecule has 0 spiro atoms. The van der Waals surface area contributed by atoms with E-state index in [9.17, 15) is 0 Å². The molecule has 0 bridgehead atoms. The Labute approximate surface area is 353 Å². The Balaban J connectivity index is 0.000000115. The summed E-state index contributed by atoms with van der Waals surface area (Å²) >= 11 is 0. The summed E-state index contributed by atoms with van der Waals surface area (Å²) in [4.78, 5) is 6.24. The number of nitrogens with zero attached hydrogens (tertiary/aromatic N) is 2. The molecule has 0 amide bonds. The van der Waals surface area contributed by atoms with Crippen molar-refractivity contribution in [3.63, 3.8) is 0 Å². The highest BCUT2D eigenvalue weighted by atomic mass is 31.1. The number of para-hydroxylation sites is 4. The topological polar surface area (TPSA) is 50.7 Å². The number of rotatable bonds is 2. The predicted octanol–water partition coefficient (Wildman–Crippen LogP) is 13.9. The van der Waals surface area contributed by atoms with Crippen molar-refractivity contribution in [3.05, 3.63) is 204 Å². The normalized spacial score (nSPS) is 16.9. The van der Waals surface area contributed by atoms with E-state index in [0.717, 1.165) is 29.6 Å². The summed E-state index contributed by atoms with van der Waals surface area (Å²) in [5.74, 6) is 1.52. The van der Waals surface area contributed by atoms with E-state index in [4.69, 9.17) is 4.74 Å². The molecule has 1 aliphatic heterocycles. The van der Waals surface area contributed by atoms with E-state index in [-0.39, 0.29) is 11.5 Å². The lowest BCUT2D eigenvalue weighted by atomic mass is 9.66. The van der Waals surface area contributed by atoms with Crippen molar-refractivity contribution in [2.75, 3.05) is 13.3 Å². The zero-order valence-corrected chi connectivity index (χ0v) is 37.0. The predicted molar refractivity (Wildman–Crippen MR) is 259 cm³/mol. The number of H-pyrrole nitrogens is 2. The second-order valence-corrected chi connectivity index (χ2v) is 17.3. The van der Waals surface area contributed by atoms with Gasteiger partial charge in [0.2, 0.25) is 0 Å². The molecule has 4 aromatic heterocycles. The van der Waals surface area contributed by atoms with Gasteiger partial charge >= 0.3 is 0 Å². The maximum absolute atomic E-state index is 6.29. The van der Waals surface area contributed by atoms with E-state index in [1.54, 1.807) is 0 Å². The molecule has 11 rings (SSSR count). The van der Waals surface area contributed by atoms with Gasteiger partial charge < -0.3 is 23.4 Å². The number of hydrogen-bond donors (Lipinski definition) is 2. The van der Waals surface area contributed by atoms with Gasteiger partial charge in [0.05, 0.1) is 5.52 Å². The minimum Gasteiger partial charge on any atom is -0.485 e. The Morgan fingerprint density at radius 1 is 0.661 bits per heavy atom. The Hall–Kier alpha value is -5.60. The molecule has 5 heterocycles. The molecule has 0 fully saturated rings. The minimum atomic E-state index is 0.121. The van der Waals surface area contributed by atoms with Gasteiger partial charge in [-0.25, -0.2) is 0 Å². The highest BCUT2D eigenvalue weighted by Crippen LogP contribution is 2.48.